The normalized spacial score (nSPS) is 11.9. The van der Waals surface area contributed by atoms with E-state index in [-0.39, 0.29) is 12.2 Å². The van der Waals surface area contributed by atoms with Crippen LogP contribution in [0, 0.1) is 5.92 Å². The number of ether oxygens (including phenoxy) is 1. The van der Waals surface area contributed by atoms with E-state index in [0.717, 1.165) is 5.56 Å². The first-order valence-corrected chi connectivity index (χ1v) is 5.38. The van der Waals surface area contributed by atoms with Crippen LogP contribution < -0.4 is 0 Å². The molecule has 0 saturated carbocycles. The second-order valence-electron chi connectivity index (χ2n) is 3.60. The summed E-state index contributed by atoms with van der Waals surface area (Å²) in [5, 5.41) is 0. The maximum Gasteiger partial charge on any atom is 0.316 e. The van der Waals surface area contributed by atoms with Gasteiger partial charge in [-0.25, -0.2) is 0 Å². The van der Waals surface area contributed by atoms with E-state index in [1.54, 1.807) is 13.8 Å². The zero-order valence-electron chi connectivity index (χ0n) is 9.60. The monoisotopic (exact) mass is 220 g/mol. The second-order valence-corrected chi connectivity index (χ2v) is 3.60. The lowest BCUT2D eigenvalue weighted by molar-refractivity contribution is -0.150. The fourth-order valence-corrected chi connectivity index (χ4v) is 1.35. The highest BCUT2D eigenvalue weighted by Gasteiger charge is 2.22. The number of hydrogen-bond donors (Lipinski definition) is 0. The van der Waals surface area contributed by atoms with E-state index >= 15 is 0 Å². The predicted molar refractivity (Wildman–Crippen MR) is 61.0 cm³/mol. The Hall–Kier alpha value is -1.64. The summed E-state index contributed by atoms with van der Waals surface area (Å²) in [5.41, 5.74) is 0.920. The molecule has 3 heteroatoms. The van der Waals surface area contributed by atoms with E-state index in [1.165, 1.54) is 0 Å². The highest BCUT2D eigenvalue weighted by Crippen LogP contribution is 2.07. The van der Waals surface area contributed by atoms with E-state index in [2.05, 4.69) is 0 Å². The third-order valence-electron chi connectivity index (χ3n) is 2.34. The molecule has 0 aliphatic rings. The highest BCUT2D eigenvalue weighted by molar-refractivity contribution is 5.99. The van der Waals surface area contributed by atoms with Crippen molar-refractivity contribution in [3.63, 3.8) is 0 Å². The van der Waals surface area contributed by atoms with Crippen LogP contribution >= 0.6 is 0 Å². The summed E-state index contributed by atoms with van der Waals surface area (Å²) in [5.74, 6) is -1.23. The van der Waals surface area contributed by atoms with Crippen LogP contribution in [0.3, 0.4) is 0 Å². The van der Waals surface area contributed by atoms with E-state index in [1.807, 2.05) is 30.3 Å². The lowest BCUT2D eigenvalue weighted by atomic mass is 10.00. The Morgan fingerprint density at radius 1 is 1.25 bits per heavy atom. The molecule has 0 N–H and O–H groups in total. The highest BCUT2D eigenvalue weighted by atomic mass is 16.5. The van der Waals surface area contributed by atoms with Gasteiger partial charge in [0.1, 0.15) is 5.92 Å². The fourth-order valence-electron chi connectivity index (χ4n) is 1.35. The minimum Gasteiger partial charge on any atom is -0.465 e. The van der Waals surface area contributed by atoms with Crippen molar-refractivity contribution in [2.45, 2.75) is 20.3 Å². The van der Waals surface area contributed by atoms with Gasteiger partial charge in [-0.15, -0.1) is 0 Å². The Morgan fingerprint density at radius 2 is 1.88 bits per heavy atom. The Bertz CT molecular complexity index is 357. The van der Waals surface area contributed by atoms with Crippen molar-refractivity contribution >= 4 is 11.8 Å². The van der Waals surface area contributed by atoms with E-state index in [4.69, 9.17) is 4.74 Å². The lowest BCUT2D eigenvalue weighted by Crippen LogP contribution is -2.24. The number of Topliss-reactive ketones (excluding diaryl/α,β-unsaturated/α-hetero) is 1. The van der Waals surface area contributed by atoms with Crippen molar-refractivity contribution in [2.24, 2.45) is 5.92 Å². The summed E-state index contributed by atoms with van der Waals surface area (Å²) < 4.78 is 4.80. The first-order valence-electron chi connectivity index (χ1n) is 5.38. The van der Waals surface area contributed by atoms with Crippen molar-refractivity contribution in [3.05, 3.63) is 35.9 Å². The van der Waals surface area contributed by atoms with Gasteiger partial charge >= 0.3 is 5.97 Å². The molecule has 0 aliphatic heterocycles. The Labute approximate surface area is 95.4 Å². The van der Waals surface area contributed by atoms with E-state index < -0.39 is 11.9 Å². The molecule has 0 radical (unpaired) electrons. The van der Waals surface area contributed by atoms with Crippen molar-refractivity contribution < 1.29 is 14.3 Å². The summed E-state index contributed by atoms with van der Waals surface area (Å²) in [7, 11) is 0. The molecule has 0 unspecified atom stereocenters. The smallest absolute Gasteiger partial charge is 0.316 e. The molecule has 0 aromatic heterocycles. The van der Waals surface area contributed by atoms with Crippen LogP contribution in [0.25, 0.3) is 0 Å². The number of ketones is 1. The summed E-state index contributed by atoms with van der Waals surface area (Å²) in [4.78, 5) is 23.1. The van der Waals surface area contributed by atoms with Crippen LogP contribution in [-0.4, -0.2) is 18.4 Å². The van der Waals surface area contributed by atoms with Crippen LogP contribution in [0.4, 0.5) is 0 Å². The molecule has 0 spiro atoms. The molecule has 0 amide bonds. The van der Waals surface area contributed by atoms with Crippen LogP contribution in [0.1, 0.15) is 19.4 Å². The number of hydrogen-bond acceptors (Lipinski definition) is 3. The SMILES string of the molecule is CCOC(=O)[C@@H](C)C(=O)Cc1ccccc1. The molecule has 16 heavy (non-hydrogen) atoms. The van der Waals surface area contributed by atoms with Crippen molar-refractivity contribution in [2.75, 3.05) is 6.61 Å². The fraction of sp³-hybridized carbons (Fsp3) is 0.385. The van der Waals surface area contributed by atoms with E-state index in [0.29, 0.717) is 6.61 Å². The zero-order valence-corrected chi connectivity index (χ0v) is 9.60. The maximum absolute atomic E-state index is 11.7. The molecule has 0 bridgehead atoms. The van der Waals surface area contributed by atoms with Crippen LogP contribution in [-0.2, 0) is 20.7 Å². The Morgan fingerprint density at radius 3 is 2.44 bits per heavy atom. The first-order chi connectivity index (χ1) is 7.65. The van der Waals surface area contributed by atoms with Crippen LogP contribution in [0.2, 0.25) is 0 Å². The molecular formula is C13H16O3. The Balaban J connectivity index is 2.56. The predicted octanol–water partition coefficient (Wildman–Crippen LogP) is 2.00. The van der Waals surface area contributed by atoms with Crippen molar-refractivity contribution in [1.82, 2.24) is 0 Å². The summed E-state index contributed by atoms with van der Waals surface area (Å²) >= 11 is 0. The van der Waals surface area contributed by atoms with Gasteiger partial charge in [-0.3, -0.25) is 9.59 Å². The first kappa shape index (κ1) is 12.4. The molecule has 1 atom stereocenters. The number of esters is 1. The standard InChI is InChI=1S/C13H16O3/c1-3-16-13(15)10(2)12(14)9-11-7-5-4-6-8-11/h4-8,10H,3,9H2,1-2H3/t10-/m0/s1. The molecule has 1 aromatic rings. The molecule has 1 rings (SSSR count). The molecule has 0 saturated heterocycles. The zero-order chi connectivity index (χ0) is 12.0. The molecular weight excluding hydrogens is 204 g/mol. The third kappa shape index (κ3) is 3.50. The van der Waals surface area contributed by atoms with Crippen molar-refractivity contribution in [3.8, 4) is 0 Å². The van der Waals surface area contributed by atoms with Gasteiger partial charge in [-0.1, -0.05) is 30.3 Å². The van der Waals surface area contributed by atoms with Gasteiger partial charge < -0.3 is 4.74 Å². The molecule has 0 fully saturated rings. The molecule has 86 valence electrons. The number of carbonyl (C=O) groups is 2. The topological polar surface area (TPSA) is 43.4 Å². The molecule has 0 aliphatic carbocycles. The second kappa shape index (κ2) is 6.05. The maximum atomic E-state index is 11.7. The van der Waals surface area contributed by atoms with Gasteiger partial charge in [0.05, 0.1) is 6.61 Å². The average molecular weight is 220 g/mol. The quantitative estimate of drug-likeness (QED) is 0.563. The van der Waals surface area contributed by atoms with Gasteiger partial charge in [0.15, 0.2) is 5.78 Å². The lowest BCUT2D eigenvalue weighted by Gasteiger charge is -2.09. The minimum atomic E-state index is -0.680. The third-order valence-corrected chi connectivity index (χ3v) is 2.34. The average Bonchev–Trinajstić information content (AvgIpc) is 2.29. The molecule has 0 heterocycles. The van der Waals surface area contributed by atoms with Crippen molar-refractivity contribution in [1.29, 1.82) is 0 Å². The van der Waals surface area contributed by atoms with Gasteiger partial charge in [-0.2, -0.15) is 0 Å². The number of rotatable bonds is 5. The molecule has 1 aromatic carbocycles. The van der Waals surface area contributed by atoms with Gasteiger partial charge in [0.25, 0.3) is 0 Å². The summed E-state index contributed by atoms with van der Waals surface area (Å²) in [6.07, 6.45) is 0.279. The van der Waals surface area contributed by atoms with Crippen LogP contribution in [0.5, 0.6) is 0 Å². The van der Waals surface area contributed by atoms with Gasteiger partial charge in [0, 0.05) is 6.42 Å². The largest absolute Gasteiger partial charge is 0.465 e. The van der Waals surface area contributed by atoms with Gasteiger partial charge in [-0.05, 0) is 19.4 Å². The van der Waals surface area contributed by atoms with E-state index in [9.17, 15) is 9.59 Å². The molecule has 3 nitrogen and oxygen atoms in total. The summed E-state index contributed by atoms with van der Waals surface area (Å²) in [6, 6.07) is 9.38. The summed E-state index contributed by atoms with van der Waals surface area (Å²) in [6.45, 7) is 3.62. The Kier molecular flexibility index (Phi) is 4.70. The van der Waals surface area contributed by atoms with Gasteiger partial charge in [0.2, 0.25) is 0 Å². The van der Waals surface area contributed by atoms with Crippen LogP contribution in [0.15, 0.2) is 30.3 Å². The number of carbonyl (C=O) groups excluding carboxylic acids is 2. The number of benzene rings is 1. The minimum absolute atomic E-state index is 0.107.